The predicted octanol–water partition coefficient (Wildman–Crippen LogP) is 2.62. The van der Waals surface area contributed by atoms with E-state index in [-0.39, 0.29) is 5.91 Å². The first kappa shape index (κ1) is 15.7. The molecule has 7 heteroatoms. The molecular weight excluding hydrogens is 314 g/mol. The van der Waals surface area contributed by atoms with Crippen molar-refractivity contribution in [3.05, 3.63) is 30.0 Å². The van der Waals surface area contributed by atoms with Gasteiger partial charge in [0.15, 0.2) is 11.5 Å². The number of nitrogens with zero attached hydrogens (tertiary/aromatic N) is 2. The number of nitrogens with one attached hydrogen (secondary N) is 1. The molecule has 0 bridgehead atoms. The van der Waals surface area contributed by atoms with Crippen molar-refractivity contribution in [2.75, 3.05) is 24.3 Å². The summed E-state index contributed by atoms with van der Waals surface area (Å²) >= 11 is 1.46. The van der Waals surface area contributed by atoms with Gasteiger partial charge in [0, 0.05) is 24.4 Å². The normalized spacial score (nSPS) is 13.5. The number of aryl methyl sites for hydroxylation is 2. The lowest BCUT2D eigenvalue weighted by atomic mass is 10.3. The summed E-state index contributed by atoms with van der Waals surface area (Å²) in [6.07, 6.45) is 0.879. The highest BCUT2D eigenvalue weighted by Crippen LogP contribution is 2.33. The number of rotatable bonds is 4. The monoisotopic (exact) mass is 333 g/mol. The minimum absolute atomic E-state index is 0.0647. The Bertz CT molecular complexity index is 715. The number of hydrogen-bond donors (Lipinski definition) is 1. The van der Waals surface area contributed by atoms with Gasteiger partial charge in [-0.05, 0) is 25.1 Å². The second-order valence-corrected chi connectivity index (χ2v) is 6.34. The molecule has 0 saturated heterocycles. The van der Waals surface area contributed by atoms with Crippen LogP contribution in [-0.2, 0) is 11.8 Å². The van der Waals surface area contributed by atoms with Gasteiger partial charge in [0.05, 0.1) is 24.7 Å². The number of benzene rings is 1. The minimum atomic E-state index is -0.0647. The number of ether oxygens (including phenoxy) is 2. The van der Waals surface area contributed by atoms with Crippen LogP contribution < -0.4 is 14.8 Å². The van der Waals surface area contributed by atoms with Gasteiger partial charge in [0.2, 0.25) is 5.91 Å². The zero-order chi connectivity index (χ0) is 16.2. The van der Waals surface area contributed by atoms with Crippen molar-refractivity contribution in [3.63, 3.8) is 0 Å². The Morgan fingerprint density at radius 1 is 1.30 bits per heavy atom. The lowest BCUT2D eigenvalue weighted by molar-refractivity contribution is -0.113. The van der Waals surface area contributed by atoms with E-state index in [4.69, 9.17) is 9.47 Å². The summed E-state index contributed by atoms with van der Waals surface area (Å²) in [7, 11) is 1.81. The Labute approximate surface area is 139 Å². The molecule has 1 aromatic heterocycles. The molecule has 23 heavy (non-hydrogen) atoms. The molecule has 3 rings (SSSR count). The Kier molecular flexibility index (Phi) is 4.76. The first-order chi connectivity index (χ1) is 11.1. The van der Waals surface area contributed by atoms with E-state index in [0.29, 0.717) is 24.8 Å². The minimum Gasteiger partial charge on any atom is -0.490 e. The van der Waals surface area contributed by atoms with Crippen molar-refractivity contribution in [1.82, 2.24) is 9.78 Å². The van der Waals surface area contributed by atoms with Crippen molar-refractivity contribution < 1.29 is 14.3 Å². The second kappa shape index (κ2) is 6.95. The smallest absolute Gasteiger partial charge is 0.235 e. The predicted molar refractivity (Wildman–Crippen MR) is 89.3 cm³/mol. The summed E-state index contributed by atoms with van der Waals surface area (Å²) in [5.74, 6) is 2.47. The quantitative estimate of drug-likeness (QED) is 0.871. The number of anilines is 1. The number of hydrogen-bond acceptors (Lipinski definition) is 5. The van der Waals surface area contributed by atoms with Gasteiger partial charge in [-0.25, -0.2) is 0 Å². The lowest BCUT2D eigenvalue weighted by Crippen LogP contribution is -2.16. The van der Waals surface area contributed by atoms with Gasteiger partial charge < -0.3 is 14.8 Å². The first-order valence-electron chi connectivity index (χ1n) is 7.45. The molecule has 2 heterocycles. The molecule has 0 radical (unpaired) electrons. The maximum absolute atomic E-state index is 12.1. The van der Waals surface area contributed by atoms with Crippen LogP contribution in [0.3, 0.4) is 0 Å². The van der Waals surface area contributed by atoms with Gasteiger partial charge in [0.25, 0.3) is 0 Å². The molecule has 0 saturated carbocycles. The van der Waals surface area contributed by atoms with Crippen molar-refractivity contribution in [1.29, 1.82) is 0 Å². The lowest BCUT2D eigenvalue weighted by Gasteiger charge is -2.09. The van der Waals surface area contributed by atoms with Gasteiger partial charge in [-0.15, -0.1) is 11.8 Å². The van der Waals surface area contributed by atoms with E-state index in [9.17, 15) is 4.79 Å². The van der Waals surface area contributed by atoms with Crippen LogP contribution in [0.25, 0.3) is 0 Å². The fourth-order valence-corrected chi connectivity index (χ4v) is 3.01. The summed E-state index contributed by atoms with van der Waals surface area (Å²) in [4.78, 5) is 13.0. The Morgan fingerprint density at radius 3 is 2.83 bits per heavy atom. The third-order valence-corrected chi connectivity index (χ3v) is 4.35. The van der Waals surface area contributed by atoms with E-state index >= 15 is 0 Å². The van der Waals surface area contributed by atoms with Crippen molar-refractivity contribution >= 4 is 23.5 Å². The second-order valence-electron chi connectivity index (χ2n) is 5.29. The van der Waals surface area contributed by atoms with E-state index in [1.807, 2.05) is 31.2 Å². The zero-order valence-electron chi connectivity index (χ0n) is 13.2. The standard InChI is InChI=1S/C16H19N3O3S/c1-11-8-15(19(2)18-11)17-16(20)10-23-12-4-5-13-14(9-12)22-7-3-6-21-13/h4-5,8-9H,3,6-7,10H2,1-2H3,(H,17,20). The van der Waals surface area contributed by atoms with Gasteiger partial charge in [-0.3, -0.25) is 9.48 Å². The Balaban J connectivity index is 1.58. The first-order valence-corrected chi connectivity index (χ1v) is 8.43. The maximum Gasteiger partial charge on any atom is 0.235 e. The van der Waals surface area contributed by atoms with Gasteiger partial charge in [0.1, 0.15) is 5.82 Å². The van der Waals surface area contributed by atoms with E-state index in [2.05, 4.69) is 10.4 Å². The molecule has 1 N–H and O–H groups in total. The molecule has 1 aliphatic rings. The van der Waals surface area contributed by atoms with Crippen molar-refractivity contribution in [3.8, 4) is 11.5 Å². The Hall–Kier alpha value is -2.15. The number of carbonyl (C=O) groups is 1. The van der Waals surface area contributed by atoms with E-state index in [0.717, 1.165) is 28.5 Å². The van der Waals surface area contributed by atoms with E-state index < -0.39 is 0 Å². The molecule has 0 aliphatic carbocycles. The van der Waals surface area contributed by atoms with Crippen LogP contribution in [0.4, 0.5) is 5.82 Å². The molecule has 0 unspecified atom stereocenters. The van der Waals surface area contributed by atoms with Gasteiger partial charge in [-0.1, -0.05) is 0 Å². The van der Waals surface area contributed by atoms with E-state index in [1.54, 1.807) is 11.7 Å². The van der Waals surface area contributed by atoms with Crippen molar-refractivity contribution in [2.24, 2.45) is 7.05 Å². The molecule has 122 valence electrons. The van der Waals surface area contributed by atoms with Crippen LogP contribution in [0.2, 0.25) is 0 Å². The third kappa shape index (κ3) is 3.98. The topological polar surface area (TPSA) is 65.4 Å². The zero-order valence-corrected chi connectivity index (χ0v) is 14.0. The average molecular weight is 333 g/mol. The number of thioether (sulfide) groups is 1. The highest BCUT2D eigenvalue weighted by atomic mass is 32.2. The van der Waals surface area contributed by atoms with Crippen LogP contribution in [0.5, 0.6) is 11.5 Å². The average Bonchev–Trinajstić information content (AvgIpc) is 2.73. The highest BCUT2D eigenvalue weighted by Gasteiger charge is 2.12. The molecule has 0 atom stereocenters. The number of amides is 1. The fourth-order valence-electron chi connectivity index (χ4n) is 2.29. The molecule has 1 aliphatic heterocycles. The highest BCUT2D eigenvalue weighted by molar-refractivity contribution is 8.00. The summed E-state index contributed by atoms with van der Waals surface area (Å²) in [6, 6.07) is 7.61. The molecule has 1 amide bonds. The fraction of sp³-hybridized carbons (Fsp3) is 0.375. The molecule has 0 fully saturated rings. The van der Waals surface area contributed by atoms with Crippen molar-refractivity contribution in [2.45, 2.75) is 18.2 Å². The summed E-state index contributed by atoms with van der Waals surface area (Å²) < 4.78 is 12.9. The van der Waals surface area contributed by atoms with Crippen LogP contribution >= 0.6 is 11.8 Å². The summed E-state index contributed by atoms with van der Waals surface area (Å²) in [5, 5.41) is 7.06. The molecule has 0 spiro atoms. The van der Waals surface area contributed by atoms with Crippen LogP contribution in [0.15, 0.2) is 29.2 Å². The number of carbonyl (C=O) groups excluding carboxylic acids is 1. The molecular formula is C16H19N3O3S. The largest absolute Gasteiger partial charge is 0.490 e. The molecule has 2 aromatic rings. The molecule has 1 aromatic carbocycles. The van der Waals surface area contributed by atoms with Gasteiger partial charge in [-0.2, -0.15) is 5.10 Å². The van der Waals surface area contributed by atoms with E-state index in [1.165, 1.54) is 11.8 Å². The number of fused-ring (bicyclic) bond motifs is 1. The number of aromatic nitrogens is 2. The molecule has 6 nitrogen and oxygen atoms in total. The summed E-state index contributed by atoms with van der Waals surface area (Å²) in [6.45, 7) is 3.22. The SMILES string of the molecule is Cc1cc(NC(=O)CSc2ccc3c(c2)OCCCO3)n(C)n1. The van der Waals surface area contributed by atoms with Crippen LogP contribution in [0.1, 0.15) is 12.1 Å². The maximum atomic E-state index is 12.1. The van der Waals surface area contributed by atoms with Crippen LogP contribution in [0, 0.1) is 6.92 Å². The third-order valence-electron chi connectivity index (χ3n) is 3.36. The van der Waals surface area contributed by atoms with Gasteiger partial charge >= 0.3 is 0 Å². The van der Waals surface area contributed by atoms with Crippen LogP contribution in [-0.4, -0.2) is 34.7 Å². The summed E-state index contributed by atoms with van der Waals surface area (Å²) in [5.41, 5.74) is 0.873. The Morgan fingerprint density at radius 2 is 2.09 bits per heavy atom.